The van der Waals surface area contributed by atoms with E-state index in [-0.39, 0.29) is 11.5 Å². The number of rotatable bonds is 3. The topological polar surface area (TPSA) is 55.4 Å². The van der Waals surface area contributed by atoms with E-state index in [0.29, 0.717) is 21.5 Å². The number of halogens is 2. The Kier molecular flexibility index (Phi) is 4.83. The molecule has 4 nitrogen and oxygen atoms in total. The summed E-state index contributed by atoms with van der Waals surface area (Å²) in [5, 5.41) is 3.33. The Morgan fingerprint density at radius 2 is 1.57 bits per heavy atom. The summed E-state index contributed by atoms with van der Waals surface area (Å²) >= 11 is 11.7. The first-order chi connectivity index (χ1) is 9.94. The molecule has 0 aromatic heterocycles. The van der Waals surface area contributed by atoms with Gasteiger partial charge in [0, 0.05) is 22.7 Å². The van der Waals surface area contributed by atoms with E-state index in [1.165, 1.54) is 25.1 Å². The highest BCUT2D eigenvalue weighted by atomic mass is 35.5. The third-order valence-electron chi connectivity index (χ3n) is 2.48. The molecule has 0 fully saturated rings. The first-order valence-electron chi connectivity index (χ1n) is 6.00. The number of benzene rings is 2. The third-order valence-corrected chi connectivity index (χ3v) is 2.92. The fraction of sp³-hybridized carbons (Fsp3) is 0.0667. The van der Waals surface area contributed by atoms with Crippen LogP contribution in [0, 0.1) is 0 Å². The smallest absolute Gasteiger partial charge is 0.343 e. The number of nitrogens with one attached hydrogen (secondary N) is 1. The summed E-state index contributed by atoms with van der Waals surface area (Å²) in [7, 11) is 0. The lowest BCUT2D eigenvalue weighted by Gasteiger charge is -2.07. The fourth-order valence-electron chi connectivity index (χ4n) is 1.65. The fourth-order valence-corrected chi connectivity index (χ4v) is 2.17. The zero-order valence-corrected chi connectivity index (χ0v) is 12.5. The largest absolute Gasteiger partial charge is 0.423 e. The highest BCUT2D eigenvalue weighted by Crippen LogP contribution is 2.21. The van der Waals surface area contributed by atoms with Crippen LogP contribution >= 0.6 is 23.2 Å². The van der Waals surface area contributed by atoms with Crippen LogP contribution in [0.2, 0.25) is 10.0 Å². The van der Waals surface area contributed by atoms with Gasteiger partial charge in [-0.3, -0.25) is 4.79 Å². The maximum Gasteiger partial charge on any atom is 0.343 e. The van der Waals surface area contributed by atoms with Crippen LogP contribution in [0.1, 0.15) is 17.3 Å². The average Bonchev–Trinajstić information content (AvgIpc) is 2.39. The van der Waals surface area contributed by atoms with Gasteiger partial charge in [-0.25, -0.2) is 4.79 Å². The van der Waals surface area contributed by atoms with Gasteiger partial charge in [-0.2, -0.15) is 0 Å². The van der Waals surface area contributed by atoms with Gasteiger partial charge in [0.05, 0.1) is 5.56 Å². The first-order valence-corrected chi connectivity index (χ1v) is 6.75. The van der Waals surface area contributed by atoms with Crippen molar-refractivity contribution in [3.63, 3.8) is 0 Å². The van der Waals surface area contributed by atoms with Gasteiger partial charge in [-0.15, -0.1) is 0 Å². The summed E-state index contributed by atoms with van der Waals surface area (Å²) in [4.78, 5) is 22.9. The predicted octanol–water partition coefficient (Wildman–Crippen LogP) is 4.17. The molecule has 1 amide bonds. The lowest BCUT2D eigenvalue weighted by Crippen LogP contribution is -2.09. The SMILES string of the molecule is CC(=O)Nc1ccc(OC(=O)c2cc(Cl)cc(Cl)c2)cc1. The molecular weight excluding hydrogens is 313 g/mol. The molecular formula is C15H11Cl2NO3. The Labute approximate surface area is 131 Å². The molecule has 0 bridgehead atoms. The standard InChI is InChI=1S/C15H11Cl2NO3/c1-9(19)18-13-2-4-14(5-3-13)21-15(20)10-6-11(16)8-12(17)7-10/h2-8H,1H3,(H,18,19). The van der Waals surface area contributed by atoms with Gasteiger partial charge in [-0.1, -0.05) is 23.2 Å². The maximum atomic E-state index is 12.0. The molecule has 2 aromatic rings. The summed E-state index contributed by atoms with van der Waals surface area (Å²) in [6.07, 6.45) is 0. The summed E-state index contributed by atoms with van der Waals surface area (Å²) in [6, 6.07) is 10.9. The van der Waals surface area contributed by atoms with Crippen LogP contribution in [0.3, 0.4) is 0 Å². The van der Waals surface area contributed by atoms with Gasteiger partial charge in [0.15, 0.2) is 0 Å². The van der Waals surface area contributed by atoms with E-state index in [1.807, 2.05) is 0 Å². The van der Waals surface area contributed by atoms with Crippen molar-refractivity contribution in [3.8, 4) is 5.75 Å². The molecule has 2 rings (SSSR count). The minimum absolute atomic E-state index is 0.173. The van der Waals surface area contributed by atoms with Crippen molar-refractivity contribution in [1.82, 2.24) is 0 Å². The minimum Gasteiger partial charge on any atom is -0.423 e. The van der Waals surface area contributed by atoms with E-state index in [2.05, 4.69) is 5.32 Å². The van der Waals surface area contributed by atoms with Crippen LogP contribution in [0.5, 0.6) is 5.75 Å². The molecule has 0 unspecified atom stereocenters. The van der Waals surface area contributed by atoms with Crippen LogP contribution in [-0.4, -0.2) is 11.9 Å². The number of anilines is 1. The van der Waals surface area contributed by atoms with Gasteiger partial charge < -0.3 is 10.1 Å². The number of esters is 1. The van der Waals surface area contributed by atoms with Crippen molar-refractivity contribution in [2.45, 2.75) is 6.92 Å². The van der Waals surface area contributed by atoms with Crippen molar-refractivity contribution >= 4 is 40.8 Å². The van der Waals surface area contributed by atoms with Gasteiger partial charge in [0.25, 0.3) is 0 Å². The van der Waals surface area contributed by atoms with E-state index in [4.69, 9.17) is 27.9 Å². The predicted molar refractivity (Wildman–Crippen MR) is 82.2 cm³/mol. The second-order valence-electron chi connectivity index (χ2n) is 4.25. The summed E-state index contributed by atoms with van der Waals surface area (Å²) < 4.78 is 5.20. The van der Waals surface area contributed by atoms with Crippen LogP contribution < -0.4 is 10.1 Å². The summed E-state index contributed by atoms with van der Waals surface area (Å²) in [6.45, 7) is 1.41. The van der Waals surface area contributed by atoms with Crippen molar-refractivity contribution in [1.29, 1.82) is 0 Å². The van der Waals surface area contributed by atoms with E-state index in [0.717, 1.165) is 0 Å². The first kappa shape index (κ1) is 15.4. The van der Waals surface area contributed by atoms with E-state index in [9.17, 15) is 9.59 Å². The number of amides is 1. The highest BCUT2D eigenvalue weighted by Gasteiger charge is 2.10. The van der Waals surface area contributed by atoms with Gasteiger partial charge in [0.2, 0.25) is 5.91 Å². The van der Waals surface area contributed by atoms with Gasteiger partial charge in [0.1, 0.15) is 5.75 Å². The number of carbonyl (C=O) groups is 2. The summed E-state index contributed by atoms with van der Waals surface area (Å²) in [5.74, 6) is -0.384. The van der Waals surface area contributed by atoms with E-state index >= 15 is 0 Å². The molecule has 0 saturated heterocycles. The monoisotopic (exact) mass is 323 g/mol. The van der Waals surface area contributed by atoms with E-state index in [1.54, 1.807) is 24.3 Å². The second-order valence-corrected chi connectivity index (χ2v) is 5.13. The lowest BCUT2D eigenvalue weighted by molar-refractivity contribution is -0.114. The molecule has 21 heavy (non-hydrogen) atoms. The number of hydrogen-bond acceptors (Lipinski definition) is 3. The molecule has 0 heterocycles. The molecule has 0 aliphatic heterocycles. The Hall–Kier alpha value is -2.04. The molecule has 1 N–H and O–H groups in total. The Morgan fingerprint density at radius 1 is 1.00 bits per heavy atom. The van der Waals surface area contributed by atoms with Gasteiger partial charge in [-0.05, 0) is 42.5 Å². The quantitative estimate of drug-likeness (QED) is 0.681. The van der Waals surface area contributed by atoms with Crippen LogP contribution in [-0.2, 0) is 4.79 Å². The molecule has 0 atom stereocenters. The third kappa shape index (κ3) is 4.48. The molecule has 2 aromatic carbocycles. The normalized spacial score (nSPS) is 10.0. The number of hydrogen-bond donors (Lipinski definition) is 1. The average molecular weight is 324 g/mol. The molecule has 0 spiro atoms. The number of ether oxygens (including phenoxy) is 1. The molecule has 0 aliphatic rings. The highest BCUT2D eigenvalue weighted by molar-refractivity contribution is 6.35. The number of carbonyl (C=O) groups excluding carboxylic acids is 2. The molecule has 0 radical (unpaired) electrons. The summed E-state index contributed by atoms with van der Waals surface area (Å²) in [5.41, 5.74) is 0.881. The van der Waals surface area contributed by atoms with Crippen LogP contribution in [0.15, 0.2) is 42.5 Å². The van der Waals surface area contributed by atoms with Crippen molar-refractivity contribution < 1.29 is 14.3 Å². The molecule has 0 aliphatic carbocycles. The van der Waals surface area contributed by atoms with Crippen molar-refractivity contribution in [2.75, 3.05) is 5.32 Å². The van der Waals surface area contributed by atoms with Crippen molar-refractivity contribution in [2.24, 2.45) is 0 Å². The Balaban J connectivity index is 2.10. The zero-order chi connectivity index (χ0) is 15.4. The lowest BCUT2D eigenvalue weighted by atomic mass is 10.2. The zero-order valence-electron chi connectivity index (χ0n) is 11.0. The maximum absolute atomic E-state index is 12.0. The second kappa shape index (κ2) is 6.61. The van der Waals surface area contributed by atoms with E-state index < -0.39 is 5.97 Å². The minimum atomic E-state index is -0.563. The van der Waals surface area contributed by atoms with Crippen LogP contribution in [0.25, 0.3) is 0 Å². The molecule has 0 saturated carbocycles. The van der Waals surface area contributed by atoms with Gasteiger partial charge >= 0.3 is 5.97 Å². The van der Waals surface area contributed by atoms with Crippen LogP contribution in [0.4, 0.5) is 5.69 Å². The Bertz CT molecular complexity index is 664. The molecule has 6 heteroatoms. The Morgan fingerprint density at radius 3 is 2.10 bits per heavy atom. The van der Waals surface area contributed by atoms with Crippen molar-refractivity contribution in [3.05, 3.63) is 58.1 Å². The molecule has 108 valence electrons.